The molecule has 0 unspecified atom stereocenters. The van der Waals surface area contributed by atoms with Crippen molar-refractivity contribution in [3.63, 3.8) is 0 Å². The molecule has 0 aliphatic carbocycles. The summed E-state index contributed by atoms with van der Waals surface area (Å²) in [5.74, 6) is 0.887. The molecule has 1 amide bonds. The smallest absolute Gasteiger partial charge is 0.292 e. The Morgan fingerprint density at radius 2 is 2.09 bits per heavy atom. The number of nitrogens with one attached hydrogen (secondary N) is 1. The van der Waals surface area contributed by atoms with Gasteiger partial charge in [0.1, 0.15) is 5.82 Å². The fourth-order valence-corrected chi connectivity index (χ4v) is 4.79. The molecule has 0 atom stereocenters. The zero-order valence-corrected chi connectivity index (χ0v) is 19.2. The van der Waals surface area contributed by atoms with Gasteiger partial charge in [-0.05, 0) is 44.5 Å². The largest absolute Gasteiger partial charge is 0.490 e. The summed E-state index contributed by atoms with van der Waals surface area (Å²) >= 11 is 7.78. The van der Waals surface area contributed by atoms with Gasteiger partial charge in [-0.25, -0.2) is 4.98 Å². The Balaban J connectivity index is 1.51. The highest BCUT2D eigenvalue weighted by atomic mass is 35.5. The number of ether oxygens (including phenoxy) is 1. The number of carbonyl (C=O) groups is 1. The van der Waals surface area contributed by atoms with E-state index in [4.69, 9.17) is 25.7 Å². The Morgan fingerprint density at radius 1 is 1.25 bits per heavy atom. The predicted octanol–water partition coefficient (Wildman–Crippen LogP) is 6.15. The highest BCUT2D eigenvalue weighted by Crippen LogP contribution is 2.34. The molecule has 0 radical (unpaired) electrons. The molecule has 0 saturated heterocycles. The molecule has 0 aliphatic heterocycles. The molecule has 2 aromatic carbocycles. The third kappa shape index (κ3) is 3.51. The normalized spacial score (nSPS) is 11.4. The van der Waals surface area contributed by atoms with Crippen LogP contribution in [0.2, 0.25) is 5.02 Å². The number of nitrogens with zero attached hydrogens (tertiary/aromatic N) is 3. The standard InChI is InChI=1S/C23H19ClN4O3S/c1-4-30-16-7-5-6-14-11-17(31-20(14)16)22(29)25-18-10-13(3)27-28(18)23-26-19-12(2)8-9-15(24)21(19)32-23/h5-11H,4H2,1-3H3,(H,25,29). The minimum Gasteiger partial charge on any atom is -0.490 e. The molecule has 0 bridgehead atoms. The summed E-state index contributed by atoms with van der Waals surface area (Å²) in [6.45, 7) is 6.24. The van der Waals surface area contributed by atoms with E-state index in [1.54, 1.807) is 16.8 Å². The first-order chi connectivity index (χ1) is 15.4. The van der Waals surface area contributed by atoms with Crippen LogP contribution in [-0.4, -0.2) is 27.3 Å². The van der Waals surface area contributed by atoms with Crippen molar-refractivity contribution in [2.75, 3.05) is 11.9 Å². The van der Waals surface area contributed by atoms with Gasteiger partial charge in [0.05, 0.1) is 27.5 Å². The quantitative estimate of drug-likeness (QED) is 0.336. The van der Waals surface area contributed by atoms with E-state index in [9.17, 15) is 4.79 Å². The monoisotopic (exact) mass is 466 g/mol. The van der Waals surface area contributed by atoms with Crippen molar-refractivity contribution in [1.82, 2.24) is 14.8 Å². The summed E-state index contributed by atoms with van der Waals surface area (Å²) < 4.78 is 13.9. The lowest BCUT2D eigenvalue weighted by Gasteiger charge is -2.05. The van der Waals surface area contributed by atoms with E-state index in [1.807, 2.05) is 51.1 Å². The predicted molar refractivity (Wildman–Crippen MR) is 127 cm³/mol. The van der Waals surface area contributed by atoms with Crippen molar-refractivity contribution in [3.8, 4) is 10.9 Å². The van der Waals surface area contributed by atoms with E-state index in [0.717, 1.165) is 26.9 Å². The summed E-state index contributed by atoms with van der Waals surface area (Å²) in [7, 11) is 0. The molecule has 7 nitrogen and oxygen atoms in total. The average Bonchev–Trinajstić information content (AvgIpc) is 3.48. The van der Waals surface area contributed by atoms with Crippen LogP contribution in [0, 0.1) is 13.8 Å². The second-order valence-corrected chi connectivity index (χ2v) is 8.68. The Labute approximate surface area is 192 Å². The Hall–Kier alpha value is -3.36. The van der Waals surface area contributed by atoms with Gasteiger partial charge in [0.25, 0.3) is 5.91 Å². The van der Waals surface area contributed by atoms with E-state index < -0.39 is 0 Å². The Bertz CT molecular complexity index is 1440. The fourth-order valence-electron chi connectivity index (χ4n) is 3.51. The zero-order chi connectivity index (χ0) is 22.4. The van der Waals surface area contributed by atoms with Gasteiger partial charge in [-0.3, -0.25) is 4.79 Å². The average molecular weight is 467 g/mol. The number of halogens is 1. The molecule has 5 rings (SSSR count). The SMILES string of the molecule is CCOc1cccc2cc(C(=O)Nc3cc(C)nn3-c3nc4c(C)ccc(Cl)c4s3)oc12. The number of hydrogen-bond acceptors (Lipinski definition) is 6. The van der Waals surface area contributed by atoms with Crippen LogP contribution >= 0.6 is 22.9 Å². The number of aryl methyl sites for hydroxylation is 2. The number of anilines is 1. The molecular formula is C23H19ClN4O3S. The third-order valence-corrected chi connectivity index (χ3v) is 6.46. The number of para-hydroxylation sites is 1. The minimum atomic E-state index is -0.389. The van der Waals surface area contributed by atoms with Crippen molar-refractivity contribution >= 4 is 55.8 Å². The zero-order valence-electron chi connectivity index (χ0n) is 17.6. The topological polar surface area (TPSA) is 82.2 Å². The number of carbonyl (C=O) groups excluding carboxylic acids is 1. The Morgan fingerprint density at radius 3 is 2.88 bits per heavy atom. The van der Waals surface area contributed by atoms with Crippen molar-refractivity contribution in [2.45, 2.75) is 20.8 Å². The number of furan rings is 1. The van der Waals surface area contributed by atoms with Crippen LogP contribution in [-0.2, 0) is 0 Å². The fraction of sp³-hybridized carbons (Fsp3) is 0.174. The van der Waals surface area contributed by atoms with Crippen LogP contribution in [0.15, 0.2) is 46.9 Å². The first-order valence-electron chi connectivity index (χ1n) is 10.0. The van der Waals surface area contributed by atoms with Gasteiger partial charge in [-0.1, -0.05) is 41.1 Å². The molecule has 0 spiro atoms. The molecule has 162 valence electrons. The molecule has 0 saturated carbocycles. The van der Waals surface area contributed by atoms with Gasteiger partial charge < -0.3 is 14.5 Å². The highest BCUT2D eigenvalue weighted by Gasteiger charge is 2.20. The first-order valence-corrected chi connectivity index (χ1v) is 11.2. The summed E-state index contributed by atoms with van der Waals surface area (Å²) in [6.07, 6.45) is 0. The number of thiazole rings is 1. The van der Waals surface area contributed by atoms with Crippen molar-refractivity contribution in [1.29, 1.82) is 0 Å². The van der Waals surface area contributed by atoms with E-state index >= 15 is 0 Å². The van der Waals surface area contributed by atoms with Crippen molar-refractivity contribution in [2.24, 2.45) is 0 Å². The van der Waals surface area contributed by atoms with Crippen LogP contribution in [0.3, 0.4) is 0 Å². The molecule has 3 heterocycles. The number of rotatable bonds is 5. The van der Waals surface area contributed by atoms with Gasteiger partial charge in [0.15, 0.2) is 17.1 Å². The number of benzene rings is 2. The Kier molecular flexibility index (Phi) is 5.11. The second-order valence-electron chi connectivity index (χ2n) is 7.29. The highest BCUT2D eigenvalue weighted by molar-refractivity contribution is 7.21. The molecule has 0 fully saturated rings. The number of aromatic nitrogens is 3. The maximum atomic E-state index is 13.0. The molecule has 3 aromatic heterocycles. The van der Waals surface area contributed by atoms with Crippen molar-refractivity contribution < 1.29 is 13.9 Å². The number of hydrogen-bond donors (Lipinski definition) is 1. The maximum absolute atomic E-state index is 13.0. The van der Waals surface area contributed by atoms with Gasteiger partial charge in [0.2, 0.25) is 5.13 Å². The lowest BCUT2D eigenvalue weighted by molar-refractivity contribution is 0.0998. The first kappa shape index (κ1) is 20.5. The summed E-state index contributed by atoms with van der Waals surface area (Å²) in [4.78, 5) is 17.7. The third-order valence-electron chi connectivity index (χ3n) is 4.97. The van der Waals surface area contributed by atoms with Crippen LogP contribution in [0.5, 0.6) is 5.75 Å². The molecule has 9 heteroatoms. The van der Waals surface area contributed by atoms with E-state index in [1.165, 1.54) is 11.3 Å². The minimum absolute atomic E-state index is 0.181. The van der Waals surface area contributed by atoms with E-state index in [0.29, 0.717) is 33.9 Å². The molecular weight excluding hydrogens is 448 g/mol. The van der Waals surface area contributed by atoms with Gasteiger partial charge in [-0.15, -0.1) is 0 Å². The van der Waals surface area contributed by atoms with Gasteiger partial charge in [0, 0.05) is 11.5 Å². The van der Waals surface area contributed by atoms with Crippen LogP contribution in [0.4, 0.5) is 5.82 Å². The lowest BCUT2D eigenvalue weighted by Crippen LogP contribution is -2.14. The number of amides is 1. The summed E-state index contributed by atoms with van der Waals surface area (Å²) in [6, 6.07) is 12.8. The summed E-state index contributed by atoms with van der Waals surface area (Å²) in [5, 5.41) is 9.46. The number of fused-ring (bicyclic) bond motifs is 2. The van der Waals surface area contributed by atoms with Crippen LogP contribution in [0.1, 0.15) is 28.7 Å². The van der Waals surface area contributed by atoms with Crippen LogP contribution in [0.25, 0.3) is 26.3 Å². The molecule has 32 heavy (non-hydrogen) atoms. The molecule has 0 aliphatic rings. The van der Waals surface area contributed by atoms with Gasteiger partial charge in [-0.2, -0.15) is 9.78 Å². The van der Waals surface area contributed by atoms with E-state index in [2.05, 4.69) is 10.4 Å². The van der Waals surface area contributed by atoms with Crippen LogP contribution < -0.4 is 10.1 Å². The van der Waals surface area contributed by atoms with Gasteiger partial charge >= 0.3 is 0 Å². The molecule has 1 N–H and O–H groups in total. The summed E-state index contributed by atoms with van der Waals surface area (Å²) in [5.41, 5.74) is 3.13. The maximum Gasteiger partial charge on any atom is 0.292 e. The lowest BCUT2D eigenvalue weighted by atomic mass is 10.2. The van der Waals surface area contributed by atoms with Crippen molar-refractivity contribution in [3.05, 3.63) is 64.5 Å². The second kappa shape index (κ2) is 7.96. The molecule has 5 aromatic rings. The van der Waals surface area contributed by atoms with E-state index in [-0.39, 0.29) is 11.7 Å².